The van der Waals surface area contributed by atoms with Crippen LogP contribution in [-0.4, -0.2) is 49.2 Å². The van der Waals surface area contributed by atoms with E-state index in [9.17, 15) is 4.79 Å². The second kappa shape index (κ2) is 6.53. The molecule has 2 atom stereocenters. The van der Waals surface area contributed by atoms with Gasteiger partial charge < -0.3 is 15.0 Å². The van der Waals surface area contributed by atoms with Crippen LogP contribution < -0.4 is 5.32 Å². The smallest absolute Gasteiger partial charge is 0.224 e. The Labute approximate surface area is 110 Å². The van der Waals surface area contributed by atoms with E-state index in [4.69, 9.17) is 4.74 Å². The summed E-state index contributed by atoms with van der Waals surface area (Å²) >= 11 is 0. The number of carbonyl (C=O) groups is 1. The SMILES string of the molecule is CC(C)C1CCCCN1C(=O)CC1COCCN1. The molecule has 2 rings (SSSR count). The fourth-order valence-corrected chi connectivity index (χ4v) is 3.04. The average Bonchev–Trinajstić information content (AvgIpc) is 2.40. The Hall–Kier alpha value is -0.610. The van der Waals surface area contributed by atoms with Crippen LogP contribution >= 0.6 is 0 Å². The summed E-state index contributed by atoms with van der Waals surface area (Å²) in [5.41, 5.74) is 0. The normalized spacial score (nSPS) is 29.6. The summed E-state index contributed by atoms with van der Waals surface area (Å²) in [4.78, 5) is 14.5. The molecule has 0 radical (unpaired) electrons. The Kier molecular flexibility index (Phi) is 5.01. The van der Waals surface area contributed by atoms with Crippen LogP contribution in [0.4, 0.5) is 0 Å². The molecule has 0 aromatic rings. The van der Waals surface area contributed by atoms with E-state index in [2.05, 4.69) is 24.1 Å². The highest BCUT2D eigenvalue weighted by Crippen LogP contribution is 2.24. The summed E-state index contributed by atoms with van der Waals surface area (Å²) < 4.78 is 5.41. The Morgan fingerprint density at radius 3 is 2.94 bits per heavy atom. The van der Waals surface area contributed by atoms with E-state index in [-0.39, 0.29) is 6.04 Å². The summed E-state index contributed by atoms with van der Waals surface area (Å²) in [6.45, 7) is 7.69. The van der Waals surface area contributed by atoms with Crippen molar-refractivity contribution in [2.45, 2.75) is 51.6 Å². The zero-order valence-electron chi connectivity index (χ0n) is 11.7. The highest BCUT2D eigenvalue weighted by molar-refractivity contribution is 5.77. The van der Waals surface area contributed by atoms with Crippen molar-refractivity contribution in [1.82, 2.24) is 10.2 Å². The maximum atomic E-state index is 12.4. The van der Waals surface area contributed by atoms with Gasteiger partial charge in [-0.2, -0.15) is 0 Å². The molecule has 4 heteroatoms. The van der Waals surface area contributed by atoms with Crippen molar-refractivity contribution >= 4 is 5.91 Å². The fourth-order valence-electron chi connectivity index (χ4n) is 3.04. The Morgan fingerprint density at radius 1 is 1.44 bits per heavy atom. The van der Waals surface area contributed by atoms with E-state index in [1.165, 1.54) is 6.42 Å². The molecule has 2 aliphatic rings. The monoisotopic (exact) mass is 254 g/mol. The van der Waals surface area contributed by atoms with Crippen molar-refractivity contribution < 1.29 is 9.53 Å². The molecule has 2 aliphatic heterocycles. The quantitative estimate of drug-likeness (QED) is 0.828. The molecule has 0 aliphatic carbocycles. The molecule has 4 nitrogen and oxygen atoms in total. The second-order valence-corrected chi connectivity index (χ2v) is 5.82. The molecular weight excluding hydrogens is 228 g/mol. The maximum absolute atomic E-state index is 12.4. The van der Waals surface area contributed by atoms with Crippen LogP contribution in [0.1, 0.15) is 39.5 Å². The molecule has 0 spiro atoms. The Bertz CT molecular complexity index is 275. The Morgan fingerprint density at radius 2 is 2.28 bits per heavy atom. The molecule has 104 valence electrons. The first-order valence-electron chi connectivity index (χ1n) is 7.29. The first-order chi connectivity index (χ1) is 8.68. The topological polar surface area (TPSA) is 41.6 Å². The van der Waals surface area contributed by atoms with Gasteiger partial charge in [-0.25, -0.2) is 0 Å². The number of hydrogen-bond donors (Lipinski definition) is 1. The number of ether oxygens (including phenoxy) is 1. The van der Waals surface area contributed by atoms with Crippen molar-refractivity contribution in [3.8, 4) is 0 Å². The molecule has 0 saturated carbocycles. The van der Waals surface area contributed by atoms with Gasteiger partial charge in [0.15, 0.2) is 0 Å². The highest BCUT2D eigenvalue weighted by Gasteiger charge is 2.30. The lowest BCUT2D eigenvalue weighted by atomic mass is 9.92. The van der Waals surface area contributed by atoms with Crippen LogP contribution in [0.5, 0.6) is 0 Å². The summed E-state index contributed by atoms with van der Waals surface area (Å²) in [6, 6.07) is 0.650. The van der Waals surface area contributed by atoms with Gasteiger partial charge in [-0.15, -0.1) is 0 Å². The van der Waals surface area contributed by atoms with Gasteiger partial charge in [-0.3, -0.25) is 4.79 Å². The third-order valence-electron chi connectivity index (χ3n) is 4.06. The lowest BCUT2D eigenvalue weighted by Crippen LogP contribution is -2.50. The summed E-state index contributed by atoms with van der Waals surface area (Å²) in [5, 5.41) is 3.36. The van der Waals surface area contributed by atoms with E-state index in [1.54, 1.807) is 0 Å². The van der Waals surface area contributed by atoms with E-state index in [1.807, 2.05) is 0 Å². The summed E-state index contributed by atoms with van der Waals surface area (Å²) in [5.74, 6) is 0.862. The van der Waals surface area contributed by atoms with Crippen LogP contribution in [0.2, 0.25) is 0 Å². The number of carbonyl (C=O) groups excluding carboxylic acids is 1. The van der Waals surface area contributed by atoms with Gasteiger partial charge in [0.1, 0.15) is 0 Å². The molecule has 2 fully saturated rings. The second-order valence-electron chi connectivity index (χ2n) is 5.82. The average molecular weight is 254 g/mol. The number of rotatable bonds is 3. The Balaban J connectivity index is 1.89. The maximum Gasteiger partial charge on any atom is 0.224 e. The number of amides is 1. The minimum atomic E-state index is 0.209. The largest absolute Gasteiger partial charge is 0.378 e. The van der Waals surface area contributed by atoms with E-state index in [0.29, 0.717) is 30.9 Å². The van der Waals surface area contributed by atoms with Gasteiger partial charge in [0.2, 0.25) is 5.91 Å². The number of hydrogen-bond acceptors (Lipinski definition) is 3. The molecule has 1 N–H and O–H groups in total. The first-order valence-corrected chi connectivity index (χ1v) is 7.29. The zero-order valence-corrected chi connectivity index (χ0v) is 11.7. The van der Waals surface area contributed by atoms with Crippen molar-refractivity contribution in [2.24, 2.45) is 5.92 Å². The first kappa shape index (κ1) is 13.8. The summed E-state index contributed by atoms with van der Waals surface area (Å²) in [6.07, 6.45) is 4.17. The number of piperidine rings is 1. The van der Waals surface area contributed by atoms with E-state index in [0.717, 1.165) is 32.5 Å². The molecule has 0 bridgehead atoms. The molecule has 2 heterocycles. The number of likely N-dealkylation sites (tertiary alicyclic amines) is 1. The molecule has 2 unspecified atom stereocenters. The number of nitrogens with zero attached hydrogens (tertiary/aromatic N) is 1. The van der Waals surface area contributed by atoms with Crippen LogP contribution in [0, 0.1) is 5.92 Å². The third-order valence-corrected chi connectivity index (χ3v) is 4.06. The van der Waals surface area contributed by atoms with Crippen molar-refractivity contribution in [3.05, 3.63) is 0 Å². The van der Waals surface area contributed by atoms with Gasteiger partial charge in [-0.05, 0) is 25.2 Å². The summed E-state index contributed by atoms with van der Waals surface area (Å²) in [7, 11) is 0. The predicted octanol–water partition coefficient (Wildman–Crippen LogP) is 1.40. The third kappa shape index (κ3) is 3.45. The van der Waals surface area contributed by atoms with Gasteiger partial charge in [0.05, 0.1) is 13.2 Å². The van der Waals surface area contributed by atoms with Crippen LogP contribution in [-0.2, 0) is 9.53 Å². The fraction of sp³-hybridized carbons (Fsp3) is 0.929. The van der Waals surface area contributed by atoms with Gasteiger partial charge in [-0.1, -0.05) is 13.8 Å². The predicted molar refractivity (Wildman–Crippen MR) is 71.4 cm³/mol. The molecule has 0 aromatic carbocycles. The minimum Gasteiger partial charge on any atom is -0.378 e. The van der Waals surface area contributed by atoms with Gasteiger partial charge in [0.25, 0.3) is 0 Å². The van der Waals surface area contributed by atoms with Crippen LogP contribution in [0.25, 0.3) is 0 Å². The number of nitrogens with one attached hydrogen (secondary N) is 1. The zero-order chi connectivity index (χ0) is 13.0. The number of morpholine rings is 1. The van der Waals surface area contributed by atoms with Crippen molar-refractivity contribution in [2.75, 3.05) is 26.3 Å². The van der Waals surface area contributed by atoms with Crippen molar-refractivity contribution in [3.63, 3.8) is 0 Å². The standard InChI is InChI=1S/C14H26N2O2/c1-11(2)13-5-3-4-7-16(13)14(17)9-12-10-18-8-6-15-12/h11-13,15H,3-10H2,1-2H3. The van der Waals surface area contributed by atoms with Crippen molar-refractivity contribution in [1.29, 1.82) is 0 Å². The molecule has 18 heavy (non-hydrogen) atoms. The van der Waals surface area contributed by atoms with Crippen LogP contribution in [0.3, 0.4) is 0 Å². The van der Waals surface area contributed by atoms with Gasteiger partial charge >= 0.3 is 0 Å². The lowest BCUT2D eigenvalue weighted by Gasteiger charge is -2.39. The highest BCUT2D eigenvalue weighted by atomic mass is 16.5. The van der Waals surface area contributed by atoms with Crippen LogP contribution in [0.15, 0.2) is 0 Å². The van der Waals surface area contributed by atoms with E-state index < -0.39 is 0 Å². The molecule has 0 aromatic heterocycles. The molecular formula is C14H26N2O2. The molecule has 1 amide bonds. The lowest BCUT2D eigenvalue weighted by molar-refractivity contribution is -0.137. The molecule has 2 saturated heterocycles. The van der Waals surface area contributed by atoms with Gasteiger partial charge in [0, 0.05) is 31.6 Å². The minimum absolute atomic E-state index is 0.209. The van der Waals surface area contributed by atoms with E-state index >= 15 is 0 Å².